The average Bonchev–Trinajstić information content (AvgIpc) is 3.30. The van der Waals surface area contributed by atoms with Gasteiger partial charge in [-0.3, -0.25) is 4.68 Å². The molecule has 30 heavy (non-hydrogen) atoms. The van der Waals surface area contributed by atoms with Crippen molar-refractivity contribution < 1.29 is 4.42 Å². The summed E-state index contributed by atoms with van der Waals surface area (Å²) in [4.78, 5) is 9.17. The number of guanidine groups is 1. The van der Waals surface area contributed by atoms with E-state index in [4.69, 9.17) is 4.42 Å². The molecule has 0 aliphatic rings. The van der Waals surface area contributed by atoms with E-state index in [0.717, 1.165) is 49.0 Å². The van der Waals surface area contributed by atoms with Crippen molar-refractivity contribution in [1.82, 2.24) is 25.4 Å². The second-order valence-electron chi connectivity index (χ2n) is 7.14. The summed E-state index contributed by atoms with van der Waals surface area (Å²) in [6.45, 7) is 11.2. The van der Waals surface area contributed by atoms with Crippen molar-refractivity contribution in [3.8, 4) is 11.5 Å². The molecule has 1 aromatic carbocycles. The van der Waals surface area contributed by atoms with Crippen molar-refractivity contribution in [2.45, 2.75) is 47.2 Å². The van der Waals surface area contributed by atoms with Gasteiger partial charge in [-0.25, -0.2) is 9.98 Å². The lowest BCUT2D eigenvalue weighted by atomic mass is 10.1. The van der Waals surface area contributed by atoms with Crippen LogP contribution in [0.5, 0.6) is 0 Å². The molecule has 0 fully saturated rings. The lowest BCUT2D eigenvalue weighted by Crippen LogP contribution is -2.38. The fraction of sp³-hybridized carbons (Fsp3) is 0.409. The predicted octanol–water partition coefficient (Wildman–Crippen LogP) is 4.23. The maximum atomic E-state index is 5.61. The van der Waals surface area contributed by atoms with E-state index in [-0.39, 0.29) is 24.0 Å². The number of oxazole rings is 1. The zero-order chi connectivity index (χ0) is 20.6. The van der Waals surface area contributed by atoms with Crippen LogP contribution in [0, 0.1) is 20.8 Å². The summed E-state index contributed by atoms with van der Waals surface area (Å²) in [6.07, 6.45) is 2.64. The van der Waals surface area contributed by atoms with Gasteiger partial charge < -0.3 is 15.1 Å². The summed E-state index contributed by atoms with van der Waals surface area (Å²) in [5.41, 5.74) is 5.24. The topological polar surface area (TPSA) is 80.3 Å². The molecule has 2 N–H and O–H groups in total. The highest BCUT2D eigenvalue weighted by Gasteiger charge is 2.07. The monoisotopic (exact) mass is 522 g/mol. The first-order valence-electron chi connectivity index (χ1n) is 10.1. The minimum absolute atomic E-state index is 0. The van der Waals surface area contributed by atoms with Gasteiger partial charge in [-0.2, -0.15) is 5.10 Å². The highest BCUT2D eigenvalue weighted by molar-refractivity contribution is 14.0. The molecule has 0 saturated carbocycles. The van der Waals surface area contributed by atoms with E-state index < -0.39 is 0 Å². The van der Waals surface area contributed by atoms with Crippen LogP contribution in [0.1, 0.15) is 36.0 Å². The van der Waals surface area contributed by atoms with E-state index in [1.165, 1.54) is 11.3 Å². The molecule has 0 saturated heterocycles. The molecule has 162 valence electrons. The first-order valence-corrected chi connectivity index (χ1v) is 10.1. The highest BCUT2D eigenvalue weighted by Crippen LogP contribution is 2.19. The summed E-state index contributed by atoms with van der Waals surface area (Å²) in [6, 6.07) is 10.2. The van der Waals surface area contributed by atoms with E-state index in [1.54, 1.807) is 6.26 Å². The predicted molar refractivity (Wildman–Crippen MR) is 131 cm³/mol. The van der Waals surface area contributed by atoms with E-state index >= 15 is 0 Å². The number of rotatable bonds is 8. The Morgan fingerprint density at radius 1 is 1.13 bits per heavy atom. The number of aromatic nitrogens is 3. The number of halogens is 1. The fourth-order valence-corrected chi connectivity index (χ4v) is 3.05. The molecule has 3 rings (SSSR count). The molecule has 0 unspecified atom stereocenters. The number of nitrogens with zero attached hydrogens (tertiary/aromatic N) is 4. The van der Waals surface area contributed by atoms with Crippen LogP contribution in [0.3, 0.4) is 0 Å². The van der Waals surface area contributed by atoms with Gasteiger partial charge in [0.15, 0.2) is 5.96 Å². The van der Waals surface area contributed by atoms with Crippen molar-refractivity contribution in [3.63, 3.8) is 0 Å². The third-order valence-electron chi connectivity index (χ3n) is 4.54. The van der Waals surface area contributed by atoms with Gasteiger partial charge in [0.25, 0.3) is 0 Å². The normalized spacial score (nSPS) is 11.3. The first kappa shape index (κ1) is 23.9. The Labute approximate surface area is 195 Å². The highest BCUT2D eigenvalue weighted by atomic mass is 127. The van der Waals surface area contributed by atoms with E-state index in [0.29, 0.717) is 12.4 Å². The van der Waals surface area contributed by atoms with Crippen molar-refractivity contribution in [3.05, 3.63) is 59.2 Å². The Hall–Kier alpha value is -2.36. The number of nitrogens with one attached hydrogen (secondary N) is 2. The van der Waals surface area contributed by atoms with Gasteiger partial charge in [0.05, 0.1) is 12.2 Å². The standard InChI is InChI=1S/C22H30N6O.HI/c1-5-23-22(24-11-6-12-28-18(4)13-17(3)27-28)25-14-20-15-29-21(26-20)19-9-7-16(2)8-10-19;/h7-10,13,15H,5-6,11-12,14H2,1-4H3,(H2,23,24,25);1H. The minimum atomic E-state index is 0. The van der Waals surface area contributed by atoms with Crippen LogP contribution in [-0.2, 0) is 13.1 Å². The van der Waals surface area contributed by atoms with Crippen molar-refractivity contribution in [2.75, 3.05) is 13.1 Å². The Kier molecular flexibility index (Phi) is 9.35. The molecule has 0 spiro atoms. The molecule has 0 bridgehead atoms. The second-order valence-corrected chi connectivity index (χ2v) is 7.14. The molecular formula is C22H31IN6O. The number of hydrogen-bond donors (Lipinski definition) is 2. The number of aryl methyl sites for hydroxylation is 4. The number of benzene rings is 1. The molecule has 0 amide bonds. The first-order chi connectivity index (χ1) is 14.0. The van der Waals surface area contributed by atoms with Gasteiger partial charge in [-0.15, -0.1) is 24.0 Å². The third-order valence-corrected chi connectivity index (χ3v) is 4.54. The molecule has 8 heteroatoms. The van der Waals surface area contributed by atoms with Crippen LogP contribution in [0.2, 0.25) is 0 Å². The molecule has 0 aliphatic carbocycles. The summed E-state index contributed by atoms with van der Waals surface area (Å²) >= 11 is 0. The van der Waals surface area contributed by atoms with Crippen molar-refractivity contribution in [1.29, 1.82) is 0 Å². The van der Waals surface area contributed by atoms with Crippen LogP contribution < -0.4 is 10.6 Å². The van der Waals surface area contributed by atoms with E-state index in [9.17, 15) is 0 Å². The van der Waals surface area contributed by atoms with Gasteiger partial charge in [-0.05, 0) is 52.3 Å². The molecule has 0 aliphatic heterocycles. The molecular weight excluding hydrogens is 491 g/mol. The Balaban J connectivity index is 0.00000320. The van der Waals surface area contributed by atoms with Crippen LogP contribution >= 0.6 is 24.0 Å². The van der Waals surface area contributed by atoms with Gasteiger partial charge in [0, 0.05) is 30.9 Å². The lowest BCUT2D eigenvalue weighted by Gasteiger charge is -2.11. The van der Waals surface area contributed by atoms with Crippen LogP contribution in [0.15, 0.2) is 46.0 Å². The maximum absolute atomic E-state index is 5.61. The van der Waals surface area contributed by atoms with Crippen molar-refractivity contribution >= 4 is 29.9 Å². The second kappa shape index (κ2) is 11.7. The largest absolute Gasteiger partial charge is 0.444 e. The lowest BCUT2D eigenvalue weighted by molar-refractivity contribution is 0.555. The van der Waals surface area contributed by atoms with Crippen LogP contribution in [0.25, 0.3) is 11.5 Å². The molecule has 0 atom stereocenters. The minimum Gasteiger partial charge on any atom is -0.444 e. The quantitative estimate of drug-likeness (QED) is 0.200. The van der Waals surface area contributed by atoms with Crippen LogP contribution in [-0.4, -0.2) is 33.8 Å². The zero-order valence-electron chi connectivity index (χ0n) is 18.1. The summed E-state index contributed by atoms with van der Waals surface area (Å²) in [7, 11) is 0. The van der Waals surface area contributed by atoms with E-state index in [2.05, 4.69) is 64.7 Å². The van der Waals surface area contributed by atoms with Gasteiger partial charge in [0.2, 0.25) is 5.89 Å². The molecule has 2 aromatic heterocycles. The molecule has 2 heterocycles. The van der Waals surface area contributed by atoms with Crippen molar-refractivity contribution in [2.24, 2.45) is 4.99 Å². The fourth-order valence-electron chi connectivity index (χ4n) is 3.05. The summed E-state index contributed by atoms with van der Waals surface area (Å²) in [5, 5.41) is 11.1. The van der Waals surface area contributed by atoms with E-state index in [1.807, 2.05) is 23.7 Å². The van der Waals surface area contributed by atoms with Gasteiger partial charge in [-0.1, -0.05) is 17.7 Å². The molecule has 0 radical (unpaired) electrons. The molecule has 3 aromatic rings. The van der Waals surface area contributed by atoms with Gasteiger partial charge >= 0.3 is 0 Å². The van der Waals surface area contributed by atoms with Gasteiger partial charge in [0.1, 0.15) is 12.0 Å². The Morgan fingerprint density at radius 2 is 1.90 bits per heavy atom. The zero-order valence-corrected chi connectivity index (χ0v) is 20.4. The Bertz CT molecular complexity index is 945. The summed E-state index contributed by atoms with van der Waals surface area (Å²) in [5.74, 6) is 1.40. The SMILES string of the molecule is CCNC(=NCc1coc(-c2ccc(C)cc2)n1)NCCCn1nc(C)cc1C.I. The third kappa shape index (κ3) is 6.86. The molecule has 7 nitrogen and oxygen atoms in total. The number of aliphatic imine (C=N–C) groups is 1. The number of hydrogen-bond acceptors (Lipinski definition) is 4. The van der Waals surface area contributed by atoms with Crippen LogP contribution in [0.4, 0.5) is 0 Å². The Morgan fingerprint density at radius 3 is 2.57 bits per heavy atom. The smallest absolute Gasteiger partial charge is 0.226 e. The maximum Gasteiger partial charge on any atom is 0.226 e. The average molecular weight is 522 g/mol. The summed E-state index contributed by atoms with van der Waals surface area (Å²) < 4.78 is 7.66.